The zero-order valence-corrected chi connectivity index (χ0v) is 13.0. The third-order valence-corrected chi connectivity index (χ3v) is 4.77. The fourth-order valence-electron chi connectivity index (χ4n) is 2.54. The summed E-state index contributed by atoms with van der Waals surface area (Å²) in [5.41, 5.74) is -1.11. The van der Waals surface area contributed by atoms with Crippen LogP contribution in [0.2, 0.25) is 0 Å². The largest absolute Gasteiger partial charge is 0.244 e. The first-order valence-electron chi connectivity index (χ1n) is 7.60. The molecule has 0 radical (unpaired) electrons. The molecule has 0 aliphatic heterocycles. The van der Waals surface area contributed by atoms with E-state index in [4.69, 9.17) is 0 Å². The molecule has 0 aliphatic carbocycles. The van der Waals surface area contributed by atoms with E-state index >= 15 is 0 Å². The van der Waals surface area contributed by atoms with Gasteiger partial charge in [0, 0.05) is 5.41 Å². The van der Waals surface area contributed by atoms with Crippen LogP contribution in [0.1, 0.15) is 86.0 Å². The molecule has 0 fully saturated rings. The van der Waals surface area contributed by atoms with Crippen molar-refractivity contribution in [1.29, 1.82) is 0 Å². The van der Waals surface area contributed by atoms with Gasteiger partial charge in [0.15, 0.2) is 0 Å². The molecule has 0 aromatic heterocycles. The molecule has 0 nitrogen and oxygen atoms in total. The minimum absolute atomic E-state index is 0.231. The highest BCUT2D eigenvalue weighted by Crippen LogP contribution is 2.50. The number of halogens is 2. The molecular formula is C16H32F2. The van der Waals surface area contributed by atoms with Crippen LogP contribution in [0.3, 0.4) is 0 Å². The van der Waals surface area contributed by atoms with Crippen LogP contribution in [0.15, 0.2) is 0 Å². The second-order valence-corrected chi connectivity index (χ2v) is 6.50. The maximum Gasteiger partial charge on any atom is 0.244 e. The Balaban J connectivity index is 4.61. The second-order valence-electron chi connectivity index (χ2n) is 6.50. The summed E-state index contributed by atoms with van der Waals surface area (Å²) in [6.45, 7) is 9.87. The number of unbranched alkanes of at least 4 members (excludes halogenated alkanes) is 4. The van der Waals surface area contributed by atoms with Crippen molar-refractivity contribution in [2.24, 2.45) is 10.8 Å². The van der Waals surface area contributed by atoms with Crippen LogP contribution in [0.4, 0.5) is 8.78 Å². The average Bonchev–Trinajstić information content (AvgIpc) is 2.31. The summed E-state index contributed by atoms with van der Waals surface area (Å²) in [6, 6.07) is 0. The van der Waals surface area contributed by atoms with Crippen LogP contribution in [-0.2, 0) is 0 Å². The van der Waals surface area contributed by atoms with Gasteiger partial charge in [0.1, 0.15) is 0 Å². The van der Waals surface area contributed by atoms with E-state index in [1.54, 1.807) is 13.8 Å². The fourth-order valence-corrected chi connectivity index (χ4v) is 2.54. The molecule has 0 bridgehead atoms. The molecule has 0 amide bonds. The van der Waals surface area contributed by atoms with E-state index in [9.17, 15) is 8.78 Å². The maximum atomic E-state index is 13.3. The van der Waals surface area contributed by atoms with E-state index in [0.717, 1.165) is 32.1 Å². The standard InChI is InChI=1S/C16H32F2/c1-6-8-10-11-13-16(5,12-9-7-2)15(3,4)14(17)18/h14H,6-13H2,1-5H3. The molecule has 0 spiro atoms. The number of alkyl halides is 2. The Labute approximate surface area is 113 Å². The molecule has 0 aromatic carbocycles. The van der Waals surface area contributed by atoms with Crippen LogP contribution < -0.4 is 0 Å². The summed E-state index contributed by atoms with van der Waals surface area (Å²) in [5, 5.41) is 0. The Kier molecular flexibility index (Phi) is 8.05. The van der Waals surface area contributed by atoms with Gasteiger partial charge >= 0.3 is 0 Å². The van der Waals surface area contributed by atoms with E-state index in [1.807, 2.05) is 0 Å². The van der Waals surface area contributed by atoms with Crippen molar-refractivity contribution in [1.82, 2.24) is 0 Å². The zero-order chi connectivity index (χ0) is 14.2. The van der Waals surface area contributed by atoms with Gasteiger partial charge in [-0.15, -0.1) is 0 Å². The van der Waals surface area contributed by atoms with Gasteiger partial charge in [-0.1, -0.05) is 73.1 Å². The van der Waals surface area contributed by atoms with E-state index in [2.05, 4.69) is 20.8 Å². The smallest absolute Gasteiger partial charge is 0.210 e. The van der Waals surface area contributed by atoms with Gasteiger partial charge in [-0.25, -0.2) is 8.78 Å². The lowest BCUT2D eigenvalue weighted by molar-refractivity contribution is -0.0779. The van der Waals surface area contributed by atoms with Crippen molar-refractivity contribution in [3.63, 3.8) is 0 Å². The van der Waals surface area contributed by atoms with Gasteiger partial charge in [0.2, 0.25) is 6.43 Å². The molecule has 1 unspecified atom stereocenters. The SMILES string of the molecule is CCCCCCC(C)(CCCC)C(C)(C)C(F)F. The van der Waals surface area contributed by atoms with Gasteiger partial charge in [-0.3, -0.25) is 0 Å². The Morgan fingerprint density at radius 1 is 0.778 bits per heavy atom. The minimum Gasteiger partial charge on any atom is -0.210 e. The lowest BCUT2D eigenvalue weighted by Crippen LogP contribution is -2.41. The first kappa shape index (κ1) is 17.9. The third kappa shape index (κ3) is 4.85. The van der Waals surface area contributed by atoms with Gasteiger partial charge in [-0.2, -0.15) is 0 Å². The third-order valence-electron chi connectivity index (χ3n) is 4.77. The normalized spacial score (nSPS) is 16.0. The molecule has 0 aliphatic rings. The quantitative estimate of drug-likeness (QED) is 0.397. The summed E-state index contributed by atoms with van der Waals surface area (Å²) in [6.07, 6.45) is 6.46. The van der Waals surface area contributed by atoms with E-state index < -0.39 is 11.8 Å². The molecule has 0 rings (SSSR count). The summed E-state index contributed by atoms with van der Waals surface area (Å²) in [7, 11) is 0. The molecule has 0 heterocycles. The van der Waals surface area contributed by atoms with Crippen LogP contribution in [0, 0.1) is 10.8 Å². The average molecular weight is 262 g/mol. The number of rotatable bonds is 10. The highest BCUT2D eigenvalue weighted by atomic mass is 19.3. The molecule has 0 saturated heterocycles. The van der Waals surface area contributed by atoms with E-state index in [0.29, 0.717) is 0 Å². The maximum absolute atomic E-state index is 13.3. The Morgan fingerprint density at radius 2 is 1.28 bits per heavy atom. The lowest BCUT2D eigenvalue weighted by Gasteiger charge is -2.44. The van der Waals surface area contributed by atoms with E-state index in [1.165, 1.54) is 19.3 Å². The molecule has 0 saturated carbocycles. The molecule has 110 valence electrons. The predicted octanol–water partition coefficient (Wildman–Crippen LogP) is 6.44. The fraction of sp³-hybridized carbons (Fsp3) is 1.00. The molecule has 1 atom stereocenters. The monoisotopic (exact) mass is 262 g/mol. The Bertz CT molecular complexity index is 211. The molecule has 0 N–H and O–H groups in total. The summed E-state index contributed by atoms with van der Waals surface area (Å²) < 4.78 is 26.6. The Hall–Kier alpha value is -0.140. The van der Waals surface area contributed by atoms with Crippen LogP contribution >= 0.6 is 0 Å². The number of hydrogen-bond acceptors (Lipinski definition) is 0. The summed E-state index contributed by atoms with van der Waals surface area (Å²) >= 11 is 0. The first-order chi connectivity index (χ1) is 8.31. The van der Waals surface area contributed by atoms with Crippen LogP contribution in [-0.4, -0.2) is 6.43 Å². The zero-order valence-electron chi connectivity index (χ0n) is 13.0. The van der Waals surface area contributed by atoms with Gasteiger partial charge in [-0.05, 0) is 18.3 Å². The topological polar surface area (TPSA) is 0 Å². The minimum atomic E-state index is -2.23. The first-order valence-corrected chi connectivity index (χ1v) is 7.60. The van der Waals surface area contributed by atoms with Crippen molar-refractivity contribution in [3.8, 4) is 0 Å². The van der Waals surface area contributed by atoms with Crippen LogP contribution in [0.25, 0.3) is 0 Å². The predicted molar refractivity (Wildman–Crippen MR) is 76.2 cm³/mol. The number of hydrogen-bond donors (Lipinski definition) is 0. The second kappa shape index (κ2) is 8.12. The highest BCUT2D eigenvalue weighted by Gasteiger charge is 2.46. The Morgan fingerprint density at radius 3 is 1.72 bits per heavy atom. The van der Waals surface area contributed by atoms with E-state index in [-0.39, 0.29) is 5.41 Å². The van der Waals surface area contributed by atoms with Gasteiger partial charge < -0.3 is 0 Å². The van der Waals surface area contributed by atoms with Gasteiger partial charge in [0.25, 0.3) is 0 Å². The summed E-state index contributed by atoms with van der Waals surface area (Å²) in [4.78, 5) is 0. The van der Waals surface area contributed by atoms with Crippen molar-refractivity contribution in [2.45, 2.75) is 92.4 Å². The highest BCUT2D eigenvalue weighted by molar-refractivity contribution is 4.91. The molecular weight excluding hydrogens is 230 g/mol. The lowest BCUT2D eigenvalue weighted by atomic mass is 9.62. The van der Waals surface area contributed by atoms with Crippen molar-refractivity contribution in [3.05, 3.63) is 0 Å². The van der Waals surface area contributed by atoms with Crippen molar-refractivity contribution >= 4 is 0 Å². The summed E-state index contributed by atoms with van der Waals surface area (Å²) in [5.74, 6) is 0. The van der Waals surface area contributed by atoms with Gasteiger partial charge in [0.05, 0.1) is 0 Å². The molecule has 2 heteroatoms. The molecule has 0 aromatic rings. The van der Waals surface area contributed by atoms with Crippen molar-refractivity contribution < 1.29 is 8.78 Å². The molecule has 18 heavy (non-hydrogen) atoms. The van der Waals surface area contributed by atoms with Crippen molar-refractivity contribution in [2.75, 3.05) is 0 Å². The van der Waals surface area contributed by atoms with Crippen LogP contribution in [0.5, 0.6) is 0 Å².